The number of hydrogen-bond acceptors (Lipinski definition) is 3. The first-order valence-corrected chi connectivity index (χ1v) is 6.15. The fourth-order valence-corrected chi connectivity index (χ4v) is 1.93. The summed E-state index contributed by atoms with van der Waals surface area (Å²) >= 11 is 0. The first-order valence-electron chi connectivity index (χ1n) is 6.15. The lowest BCUT2D eigenvalue weighted by Gasteiger charge is -2.31. The number of nitrogens with two attached hydrogens (primary N) is 1. The molecule has 0 amide bonds. The van der Waals surface area contributed by atoms with Crippen molar-refractivity contribution in [3.8, 4) is 0 Å². The van der Waals surface area contributed by atoms with Crippen molar-refractivity contribution < 1.29 is 0 Å². The van der Waals surface area contributed by atoms with Crippen LogP contribution in [0.5, 0.6) is 0 Å². The third-order valence-corrected chi connectivity index (χ3v) is 3.51. The van der Waals surface area contributed by atoms with Crippen molar-refractivity contribution in [2.24, 2.45) is 11.1 Å². The second-order valence-corrected chi connectivity index (χ2v) is 5.65. The fraction of sp³-hybridized carbons (Fsp3) is 1.00. The minimum Gasteiger partial charge on any atom is -0.330 e. The van der Waals surface area contributed by atoms with Crippen LogP contribution in [0.3, 0.4) is 0 Å². The average molecular weight is 213 g/mol. The van der Waals surface area contributed by atoms with Crippen LogP contribution in [0.2, 0.25) is 0 Å². The molecule has 15 heavy (non-hydrogen) atoms. The lowest BCUT2D eigenvalue weighted by molar-refractivity contribution is 0.228. The summed E-state index contributed by atoms with van der Waals surface area (Å²) in [6.07, 6.45) is 3.76. The predicted molar refractivity (Wildman–Crippen MR) is 66.0 cm³/mol. The van der Waals surface area contributed by atoms with E-state index in [1.807, 2.05) is 0 Å². The van der Waals surface area contributed by atoms with Gasteiger partial charge in [0, 0.05) is 6.04 Å². The van der Waals surface area contributed by atoms with E-state index in [1.54, 1.807) is 0 Å². The molecule has 1 fully saturated rings. The molecule has 1 aliphatic rings. The molecule has 0 saturated carbocycles. The van der Waals surface area contributed by atoms with Crippen LogP contribution in [-0.4, -0.2) is 44.2 Å². The molecule has 0 bridgehead atoms. The smallest absolute Gasteiger partial charge is 0.00914 e. The molecule has 0 radical (unpaired) electrons. The third-order valence-electron chi connectivity index (χ3n) is 3.51. The molecule has 1 heterocycles. The average Bonchev–Trinajstić information content (AvgIpc) is 2.21. The summed E-state index contributed by atoms with van der Waals surface area (Å²) in [6, 6.07) is 0.731. The van der Waals surface area contributed by atoms with Crippen molar-refractivity contribution in [3.05, 3.63) is 0 Å². The van der Waals surface area contributed by atoms with Gasteiger partial charge in [0.15, 0.2) is 0 Å². The Balaban J connectivity index is 2.10. The van der Waals surface area contributed by atoms with Crippen molar-refractivity contribution in [2.75, 3.05) is 33.2 Å². The molecular weight excluding hydrogens is 186 g/mol. The van der Waals surface area contributed by atoms with Gasteiger partial charge in [-0.05, 0) is 57.9 Å². The van der Waals surface area contributed by atoms with Gasteiger partial charge in [0.2, 0.25) is 0 Å². The van der Waals surface area contributed by atoms with Crippen LogP contribution in [0.25, 0.3) is 0 Å². The van der Waals surface area contributed by atoms with E-state index in [1.165, 1.54) is 32.4 Å². The fourth-order valence-electron chi connectivity index (χ4n) is 1.93. The Bertz CT molecular complexity index is 172. The van der Waals surface area contributed by atoms with Gasteiger partial charge in [-0.1, -0.05) is 13.8 Å². The van der Waals surface area contributed by atoms with Crippen molar-refractivity contribution in [1.82, 2.24) is 10.2 Å². The highest BCUT2D eigenvalue weighted by molar-refractivity contribution is 4.77. The van der Waals surface area contributed by atoms with Gasteiger partial charge in [0.05, 0.1) is 0 Å². The van der Waals surface area contributed by atoms with Crippen LogP contribution in [0.4, 0.5) is 0 Å². The minimum absolute atomic E-state index is 0.290. The Labute approximate surface area is 94.4 Å². The molecule has 1 rings (SSSR count). The van der Waals surface area contributed by atoms with Gasteiger partial charge in [-0.15, -0.1) is 0 Å². The molecule has 0 atom stereocenters. The Kier molecular flexibility index (Phi) is 5.03. The van der Waals surface area contributed by atoms with Gasteiger partial charge in [-0.3, -0.25) is 0 Å². The molecule has 3 nitrogen and oxygen atoms in total. The van der Waals surface area contributed by atoms with Crippen LogP contribution in [0.15, 0.2) is 0 Å². The molecule has 1 aliphatic heterocycles. The number of rotatable bonds is 5. The van der Waals surface area contributed by atoms with Crippen molar-refractivity contribution in [1.29, 1.82) is 0 Å². The van der Waals surface area contributed by atoms with E-state index in [2.05, 4.69) is 31.1 Å². The van der Waals surface area contributed by atoms with Crippen LogP contribution < -0.4 is 11.1 Å². The van der Waals surface area contributed by atoms with Gasteiger partial charge < -0.3 is 16.0 Å². The summed E-state index contributed by atoms with van der Waals surface area (Å²) in [4.78, 5) is 2.40. The molecule has 1 saturated heterocycles. The molecule has 3 heteroatoms. The van der Waals surface area contributed by atoms with Gasteiger partial charge in [0.1, 0.15) is 0 Å². The topological polar surface area (TPSA) is 41.3 Å². The molecular formula is C12H27N3. The summed E-state index contributed by atoms with van der Waals surface area (Å²) < 4.78 is 0. The third kappa shape index (κ3) is 4.96. The number of nitrogens with zero attached hydrogens (tertiary/aromatic N) is 1. The molecule has 3 N–H and O–H groups in total. The van der Waals surface area contributed by atoms with Crippen molar-refractivity contribution >= 4 is 0 Å². The summed E-state index contributed by atoms with van der Waals surface area (Å²) in [5.74, 6) is 0. The number of piperidine rings is 1. The molecule has 0 unspecified atom stereocenters. The standard InChI is InChI=1S/C12H27N3/c1-12(2,10-13)6-7-14-11-4-8-15(3)9-5-11/h11,14H,4-10,13H2,1-3H3. The largest absolute Gasteiger partial charge is 0.330 e. The van der Waals surface area contributed by atoms with Crippen LogP contribution in [-0.2, 0) is 0 Å². The highest BCUT2D eigenvalue weighted by Gasteiger charge is 2.18. The van der Waals surface area contributed by atoms with Gasteiger partial charge in [-0.25, -0.2) is 0 Å². The summed E-state index contributed by atoms with van der Waals surface area (Å²) in [5.41, 5.74) is 6.00. The predicted octanol–water partition coefficient (Wildman–Crippen LogP) is 1.05. The van der Waals surface area contributed by atoms with E-state index in [9.17, 15) is 0 Å². The minimum atomic E-state index is 0.290. The first kappa shape index (κ1) is 12.9. The Morgan fingerprint density at radius 3 is 2.47 bits per heavy atom. The van der Waals surface area contributed by atoms with Gasteiger partial charge in [-0.2, -0.15) is 0 Å². The molecule has 90 valence electrons. The highest BCUT2D eigenvalue weighted by atomic mass is 15.1. The van der Waals surface area contributed by atoms with Crippen LogP contribution in [0, 0.1) is 5.41 Å². The zero-order valence-corrected chi connectivity index (χ0v) is 10.6. The number of likely N-dealkylation sites (tertiary alicyclic amines) is 1. The van der Waals surface area contributed by atoms with E-state index < -0.39 is 0 Å². The molecule has 0 aliphatic carbocycles. The van der Waals surface area contributed by atoms with E-state index in [0.29, 0.717) is 5.41 Å². The van der Waals surface area contributed by atoms with Crippen molar-refractivity contribution in [3.63, 3.8) is 0 Å². The van der Waals surface area contributed by atoms with E-state index >= 15 is 0 Å². The van der Waals surface area contributed by atoms with E-state index in [0.717, 1.165) is 19.1 Å². The normalized spacial score (nSPS) is 20.8. The molecule has 0 aromatic heterocycles. The molecule has 0 aromatic carbocycles. The van der Waals surface area contributed by atoms with E-state index in [4.69, 9.17) is 5.73 Å². The number of hydrogen-bond donors (Lipinski definition) is 2. The van der Waals surface area contributed by atoms with E-state index in [-0.39, 0.29) is 0 Å². The van der Waals surface area contributed by atoms with Gasteiger partial charge in [0.25, 0.3) is 0 Å². The Morgan fingerprint density at radius 2 is 1.93 bits per heavy atom. The monoisotopic (exact) mass is 213 g/mol. The van der Waals surface area contributed by atoms with Crippen molar-refractivity contribution in [2.45, 2.75) is 39.2 Å². The van der Waals surface area contributed by atoms with Crippen LogP contribution >= 0.6 is 0 Å². The summed E-state index contributed by atoms with van der Waals surface area (Å²) in [5, 5.41) is 3.65. The highest BCUT2D eigenvalue weighted by Crippen LogP contribution is 2.17. The maximum Gasteiger partial charge on any atom is 0.00914 e. The summed E-state index contributed by atoms with van der Waals surface area (Å²) in [7, 11) is 2.20. The zero-order chi connectivity index (χ0) is 11.3. The lowest BCUT2D eigenvalue weighted by atomic mass is 9.89. The Morgan fingerprint density at radius 1 is 1.33 bits per heavy atom. The lowest BCUT2D eigenvalue weighted by Crippen LogP contribution is -2.42. The maximum atomic E-state index is 5.71. The second-order valence-electron chi connectivity index (χ2n) is 5.65. The maximum absolute atomic E-state index is 5.71. The summed E-state index contributed by atoms with van der Waals surface area (Å²) in [6.45, 7) is 8.84. The SMILES string of the molecule is CN1CCC(NCCC(C)(C)CN)CC1. The quantitative estimate of drug-likeness (QED) is 0.717. The zero-order valence-electron chi connectivity index (χ0n) is 10.6. The van der Waals surface area contributed by atoms with Gasteiger partial charge >= 0.3 is 0 Å². The number of nitrogens with one attached hydrogen (secondary N) is 1. The molecule has 0 aromatic rings. The first-order chi connectivity index (χ1) is 7.03. The molecule has 0 spiro atoms. The van der Waals surface area contributed by atoms with Crippen LogP contribution in [0.1, 0.15) is 33.1 Å². The Hall–Kier alpha value is -0.120. The second kappa shape index (κ2) is 5.83.